The van der Waals surface area contributed by atoms with Crippen molar-refractivity contribution in [3.05, 3.63) is 53.6 Å². The molecule has 10 heteroatoms. The Morgan fingerprint density at radius 1 is 1.03 bits per heavy atom. The third kappa shape index (κ3) is 6.66. The molecule has 3 rings (SSSR count). The van der Waals surface area contributed by atoms with Crippen LogP contribution in [0.15, 0.2) is 42.5 Å². The molecule has 1 N–H and O–H groups in total. The van der Waals surface area contributed by atoms with Gasteiger partial charge in [-0.25, -0.2) is 8.42 Å². The van der Waals surface area contributed by atoms with Gasteiger partial charge in [-0.05, 0) is 38.0 Å². The molecule has 1 aliphatic rings. The molecule has 0 aliphatic carbocycles. The van der Waals surface area contributed by atoms with Crippen LogP contribution in [0.1, 0.15) is 31.4 Å². The molecule has 9 nitrogen and oxygen atoms in total. The molecular weight excluding hydrogens is 470 g/mol. The fourth-order valence-corrected chi connectivity index (χ4v) is 4.74. The van der Waals surface area contributed by atoms with Gasteiger partial charge in [0.2, 0.25) is 21.8 Å². The van der Waals surface area contributed by atoms with E-state index in [4.69, 9.17) is 9.47 Å². The zero-order chi connectivity index (χ0) is 25.6. The number of nitrogens with one attached hydrogen (secondary N) is 1. The molecule has 1 heterocycles. The summed E-state index contributed by atoms with van der Waals surface area (Å²) in [5.74, 6) is 0.174. The second-order valence-corrected chi connectivity index (χ2v) is 10.3. The number of rotatable bonds is 10. The predicted molar refractivity (Wildman–Crippen MR) is 134 cm³/mol. The van der Waals surface area contributed by atoms with E-state index >= 15 is 0 Å². The first-order valence-corrected chi connectivity index (χ1v) is 13.5. The maximum atomic E-state index is 13.6. The van der Waals surface area contributed by atoms with Crippen LogP contribution in [-0.2, 0) is 26.2 Å². The number of carbonyl (C=O) groups excluding carboxylic acids is 2. The summed E-state index contributed by atoms with van der Waals surface area (Å²) in [5, 5.41) is 2.78. The van der Waals surface area contributed by atoms with Gasteiger partial charge in [0.05, 0.1) is 11.9 Å². The number of amides is 2. The largest absolute Gasteiger partial charge is 0.486 e. The van der Waals surface area contributed by atoms with Crippen molar-refractivity contribution in [2.24, 2.45) is 0 Å². The van der Waals surface area contributed by atoms with E-state index in [2.05, 4.69) is 5.32 Å². The van der Waals surface area contributed by atoms with Crippen molar-refractivity contribution < 1.29 is 27.5 Å². The van der Waals surface area contributed by atoms with Gasteiger partial charge in [-0.2, -0.15) is 0 Å². The fourth-order valence-electron chi connectivity index (χ4n) is 3.90. The molecule has 1 unspecified atom stereocenters. The second kappa shape index (κ2) is 11.4. The van der Waals surface area contributed by atoms with Crippen LogP contribution >= 0.6 is 0 Å². The zero-order valence-electron chi connectivity index (χ0n) is 20.6. The number of likely N-dealkylation sites (N-methyl/N-ethyl adjacent to an activating group) is 1. The molecule has 1 atom stereocenters. The molecule has 0 bridgehead atoms. The molecule has 35 heavy (non-hydrogen) atoms. The Kier molecular flexibility index (Phi) is 8.61. The number of sulfonamides is 1. The summed E-state index contributed by atoms with van der Waals surface area (Å²) < 4.78 is 37.6. The maximum absolute atomic E-state index is 13.6. The number of fused-ring (bicyclic) bond motifs is 1. The Labute approximate surface area is 207 Å². The van der Waals surface area contributed by atoms with Crippen LogP contribution in [0, 0.1) is 6.92 Å². The van der Waals surface area contributed by atoms with Gasteiger partial charge in [-0.1, -0.05) is 36.8 Å². The van der Waals surface area contributed by atoms with Gasteiger partial charge in [0.1, 0.15) is 25.8 Å². The first kappa shape index (κ1) is 26.3. The van der Waals surface area contributed by atoms with E-state index in [9.17, 15) is 18.0 Å². The Morgan fingerprint density at radius 2 is 1.69 bits per heavy atom. The highest BCUT2D eigenvalue weighted by Crippen LogP contribution is 2.34. The van der Waals surface area contributed by atoms with Crippen LogP contribution in [0.5, 0.6) is 11.5 Å². The van der Waals surface area contributed by atoms with E-state index < -0.39 is 28.5 Å². The van der Waals surface area contributed by atoms with Gasteiger partial charge in [0.15, 0.2) is 11.5 Å². The molecule has 0 saturated carbocycles. The minimum Gasteiger partial charge on any atom is -0.486 e. The number of ether oxygens (including phenoxy) is 2. The highest BCUT2D eigenvalue weighted by Gasteiger charge is 2.32. The van der Waals surface area contributed by atoms with E-state index in [1.807, 2.05) is 45.0 Å². The smallest absolute Gasteiger partial charge is 0.244 e. The topological polar surface area (TPSA) is 105 Å². The summed E-state index contributed by atoms with van der Waals surface area (Å²) in [4.78, 5) is 27.9. The van der Waals surface area contributed by atoms with Crippen molar-refractivity contribution in [2.75, 3.05) is 36.9 Å². The number of carbonyl (C=O) groups is 2. The Bertz CT molecular complexity index is 1150. The third-order valence-electron chi connectivity index (χ3n) is 5.70. The summed E-state index contributed by atoms with van der Waals surface area (Å²) in [6.45, 7) is 6.50. The summed E-state index contributed by atoms with van der Waals surface area (Å²) in [5.41, 5.74) is 2.20. The summed E-state index contributed by atoms with van der Waals surface area (Å²) in [7, 11) is -3.83. The van der Waals surface area contributed by atoms with E-state index in [-0.39, 0.29) is 18.1 Å². The van der Waals surface area contributed by atoms with Crippen molar-refractivity contribution in [1.29, 1.82) is 0 Å². The summed E-state index contributed by atoms with van der Waals surface area (Å²) in [6, 6.07) is 11.7. The molecule has 0 fully saturated rings. The Hall–Kier alpha value is -3.27. The van der Waals surface area contributed by atoms with Crippen molar-refractivity contribution in [2.45, 2.75) is 39.8 Å². The van der Waals surface area contributed by atoms with Gasteiger partial charge >= 0.3 is 0 Å². The monoisotopic (exact) mass is 503 g/mol. The molecule has 190 valence electrons. The summed E-state index contributed by atoms with van der Waals surface area (Å²) >= 11 is 0. The molecule has 2 aromatic rings. The number of hydrogen-bond acceptors (Lipinski definition) is 6. The normalized spacial score (nSPS) is 13.6. The molecule has 2 aromatic carbocycles. The molecule has 2 amide bonds. The van der Waals surface area contributed by atoms with Gasteiger partial charge in [-0.15, -0.1) is 0 Å². The quantitative estimate of drug-likeness (QED) is 0.534. The average molecular weight is 504 g/mol. The van der Waals surface area contributed by atoms with E-state index in [1.54, 1.807) is 18.2 Å². The lowest BCUT2D eigenvalue weighted by Gasteiger charge is -2.33. The third-order valence-corrected chi connectivity index (χ3v) is 6.84. The van der Waals surface area contributed by atoms with Gasteiger partial charge in [0.25, 0.3) is 0 Å². The van der Waals surface area contributed by atoms with Crippen molar-refractivity contribution in [3.63, 3.8) is 0 Å². The molecular formula is C25H33N3O6S. The number of hydrogen-bond donors (Lipinski definition) is 1. The lowest BCUT2D eigenvalue weighted by atomic mass is 10.1. The minimum absolute atomic E-state index is 0.174. The fraction of sp³-hybridized carbons (Fsp3) is 0.440. The lowest BCUT2D eigenvalue weighted by Crippen LogP contribution is -2.52. The van der Waals surface area contributed by atoms with Gasteiger partial charge in [0, 0.05) is 19.2 Å². The molecule has 0 radical (unpaired) electrons. The van der Waals surface area contributed by atoms with Crippen LogP contribution in [0.2, 0.25) is 0 Å². The van der Waals surface area contributed by atoms with Crippen LogP contribution in [0.3, 0.4) is 0 Å². The number of aryl methyl sites for hydroxylation is 1. The van der Waals surface area contributed by atoms with Crippen molar-refractivity contribution in [3.8, 4) is 11.5 Å². The Morgan fingerprint density at radius 3 is 2.29 bits per heavy atom. The maximum Gasteiger partial charge on any atom is 0.244 e. The van der Waals surface area contributed by atoms with Crippen LogP contribution in [0.4, 0.5) is 5.69 Å². The first-order valence-electron chi connectivity index (χ1n) is 11.6. The molecule has 0 spiro atoms. The van der Waals surface area contributed by atoms with Crippen LogP contribution in [-0.4, -0.2) is 63.7 Å². The van der Waals surface area contributed by atoms with Crippen molar-refractivity contribution >= 4 is 27.5 Å². The predicted octanol–water partition coefficient (Wildman–Crippen LogP) is 2.48. The average Bonchev–Trinajstić information content (AvgIpc) is 2.82. The number of benzene rings is 2. The lowest BCUT2D eigenvalue weighted by molar-refractivity contribution is -0.140. The standard InChI is InChI=1S/C25H33N3O6S/c1-5-21(25(30)26-6-2)27(16-19-9-7-18(3)8-10-19)24(29)17-28(35(4,31)32)20-11-12-22-23(15-20)34-14-13-33-22/h7-12,15,21H,5-6,13-14,16-17H2,1-4H3,(H,26,30). The van der Waals surface area contributed by atoms with Crippen LogP contribution in [0.25, 0.3) is 0 Å². The van der Waals surface area contributed by atoms with Gasteiger partial charge in [-0.3, -0.25) is 13.9 Å². The van der Waals surface area contributed by atoms with Crippen molar-refractivity contribution in [1.82, 2.24) is 10.2 Å². The minimum atomic E-state index is -3.83. The SMILES string of the molecule is CCNC(=O)C(CC)N(Cc1ccc(C)cc1)C(=O)CN(c1ccc2c(c1)OCCO2)S(C)(=O)=O. The van der Waals surface area contributed by atoms with E-state index in [0.29, 0.717) is 37.7 Å². The molecule has 1 aliphatic heterocycles. The highest BCUT2D eigenvalue weighted by atomic mass is 32.2. The highest BCUT2D eigenvalue weighted by molar-refractivity contribution is 7.92. The van der Waals surface area contributed by atoms with Gasteiger partial charge < -0.3 is 19.7 Å². The van der Waals surface area contributed by atoms with E-state index in [0.717, 1.165) is 21.7 Å². The zero-order valence-corrected chi connectivity index (χ0v) is 21.4. The molecule has 0 saturated heterocycles. The first-order chi connectivity index (χ1) is 16.6. The van der Waals surface area contributed by atoms with Crippen LogP contribution < -0.4 is 19.1 Å². The number of nitrogens with zero attached hydrogens (tertiary/aromatic N) is 2. The summed E-state index contributed by atoms with van der Waals surface area (Å²) in [6.07, 6.45) is 1.43. The molecule has 0 aromatic heterocycles. The van der Waals surface area contributed by atoms with E-state index in [1.165, 1.54) is 4.90 Å². The Balaban J connectivity index is 1.94. The second-order valence-electron chi connectivity index (χ2n) is 8.42. The number of anilines is 1.